The normalized spacial score (nSPS) is 16.4. The van der Waals surface area contributed by atoms with Crippen molar-refractivity contribution in [3.63, 3.8) is 0 Å². The van der Waals surface area contributed by atoms with E-state index >= 15 is 0 Å². The minimum Gasteiger partial charge on any atom is -0.467 e. The molecule has 8 heteroatoms. The Morgan fingerprint density at radius 3 is 2.45 bits per heavy atom. The number of nitrogens with one attached hydrogen (secondary N) is 2. The molecule has 1 fully saturated rings. The zero-order valence-corrected chi connectivity index (χ0v) is 17.1. The molecule has 2 aromatic rings. The summed E-state index contributed by atoms with van der Waals surface area (Å²) in [7, 11) is 1.32. The first-order valence-electron chi connectivity index (χ1n) is 9.94. The molecule has 3 amide bonds. The predicted molar refractivity (Wildman–Crippen MR) is 110 cm³/mol. The number of hydrogen-bond acceptors (Lipinski definition) is 4. The first-order chi connectivity index (χ1) is 14.0. The Balaban J connectivity index is 1.60. The summed E-state index contributed by atoms with van der Waals surface area (Å²) in [5.74, 6) is -0.522. The van der Waals surface area contributed by atoms with Crippen LogP contribution < -0.4 is 5.32 Å². The number of fused-ring (bicyclic) bond motifs is 1. The van der Waals surface area contributed by atoms with E-state index in [9.17, 15) is 14.4 Å². The van der Waals surface area contributed by atoms with Gasteiger partial charge in [0.15, 0.2) is 0 Å². The standard InChI is InChI=1S/C21H28N4O4/c1-4-14(2)18(20(27)29-3)23-21(28)25-11-9-24(10-12-25)19(26)16-13-22-17-8-6-5-7-15(16)17/h5-8,13-14,18,22H,4,9-12H2,1-3H3,(H,23,28)/t14-,18-/m1/s1. The fourth-order valence-electron chi connectivity index (χ4n) is 3.55. The van der Waals surface area contributed by atoms with Gasteiger partial charge in [-0.25, -0.2) is 9.59 Å². The fourth-order valence-corrected chi connectivity index (χ4v) is 3.55. The summed E-state index contributed by atoms with van der Waals surface area (Å²) in [6.07, 6.45) is 2.48. The number of urea groups is 1. The summed E-state index contributed by atoms with van der Waals surface area (Å²) in [4.78, 5) is 44.1. The molecule has 29 heavy (non-hydrogen) atoms. The van der Waals surface area contributed by atoms with Crippen LogP contribution in [0.1, 0.15) is 30.6 Å². The molecule has 1 aromatic heterocycles. The Bertz CT molecular complexity index is 886. The third-order valence-electron chi connectivity index (χ3n) is 5.62. The van der Waals surface area contributed by atoms with Crippen molar-refractivity contribution >= 4 is 28.8 Å². The molecule has 0 unspecified atom stereocenters. The van der Waals surface area contributed by atoms with E-state index in [0.29, 0.717) is 31.7 Å². The zero-order chi connectivity index (χ0) is 21.0. The lowest BCUT2D eigenvalue weighted by atomic mass is 9.99. The molecule has 0 aliphatic carbocycles. The van der Waals surface area contributed by atoms with Crippen molar-refractivity contribution in [1.82, 2.24) is 20.1 Å². The molecule has 0 bridgehead atoms. The number of esters is 1. The molecule has 1 aliphatic rings. The fraction of sp³-hybridized carbons (Fsp3) is 0.476. The van der Waals surface area contributed by atoms with Crippen LogP contribution in [0.5, 0.6) is 0 Å². The number of benzene rings is 1. The lowest BCUT2D eigenvalue weighted by Crippen LogP contribution is -2.56. The topological polar surface area (TPSA) is 94.7 Å². The number of hydrogen-bond donors (Lipinski definition) is 2. The van der Waals surface area contributed by atoms with Crippen LogP contribution in [0.25, 0.3) is 10.9 Å². The van der Waals surface area contributed by atoms with Gasteiger partial charge in [-0.2, -0.15) is 0 Å². The number of rotatable bonds is 5. The average Bonchev–Trinajstić information content (AvgIpc) is 3.20. The van der Waals surface area contributed by atoms with Gasteiger partial charge in [-0.1, -0.05) is 38.5 Å². The number of H-pyrrole nitrogens is 1. The van der Waals surface area contributed by atoms with Gasteiger partial charge >= 0.3 is 12.0 Å². The number of aromatic amines is 1. The summed E-state index contributed by atoms with van der Waals surface area (Å²) >= 11 is 0. The maximum absolute atomic E-state index is 12.9. The van der Waals surface area contributed by atoms with Crippen LogP contribution in [0.15, 0.2) is 30.5 Å². The molecule has 1 aliphatic heterocycles. The van der Waals surface area contributed by atoms with Crippen LogP contribution in [0.4, 0.5) is 4.79 Å². The van der Waals surface area contributed by atoms with Crippen molar-refractivity contribution in [3.05, 3.63) is 36.0 Å². The third-order valence-corrected chi connectivity index (χ3v) is 5.62. The van der Waals surface area contributed by atoms with E-state index in [1.807, 2.05) is 38.1 Å². The molecular weight excluding hydrogens is 372 g/mol. The van der Waals surface area contributed by atoms with E-state index in [1.165, 1.54) is 7.11 Å². The van der Waals surface area contributed by atoms with Gasteiger partial charge in [-0.3, -0.25) is 4.79 Å². The van der Waals surface area contributed by atoms with E-state index in [2.05, 4.69) is 10.3 Å². The number of carbonyl (C=O) groups excluding carboxylic acids is 3. The van der Waals surface area contributed by atoms with E-state index in [0.717, 1.165) is 17.3 Å². The highest BCUT2D eigenvalue weighted by Gasteiger charge is 2.31. The Kier molecular flexibility index (Phi) is 6.41. The van der Waals surface area contributed by atoms with Crippen LogP contribution in [0, 0.1) is 5.92 Å². The molecule has 0 spiro atoms. The van der Waals surface area contributed by atoms with Crippen LogP contribution in [-0.2, 0) is 9.53 Å². The maximum Gasteiger partial charge on any atom is 0.328 e. The van der Waals surface area contributed by atoms with Gasteiger partial charge in [0.25, 0.3) is 5.91 Å². The van der Waals surface area contributed by atoms with Crippen LogP contribution in [0.3, 0.4) is 0 Å². The number of ether oxygens (including phenoxy) is 1. The molecule has 1 saturated heterocycles. The monoisotopic (exact) mass is 400 g/mol. The number of methoxy groups -OCH3 is 1. The highest BCUT2D eigenvalue weighted by Crippen LogP contribution is 2.20. The second kappa shape index (κ2) is 8.98. The predicted octanol–water partition coefficient (Wildman–Crippen LogP) is 2.22. The summed E-state index contributed by atoms with van der Waals surface area (Å²) in [5, 5.41) is 3.68. The van der Waals surface area contributed by atoms with Crippen molar-refractivity contribution in [2.45, 2.75) is 26.3 Å². The molecule has 0 radical (unpaired) electrons. The minimum absolute atomic E-state index is 0.0314. The first kappa shape index (κ1) is 20.7. The van der Waals surface area contributed by atoms with Crippen molar-refractivity contribution in [1.29, 1.82) is 0 Å². The largest absolute Gasteiger partial charge is 0.467 e. The van der Waals surface area contributed by atoms with Gasteiger partial charge in [-0.05, 0) is 12.0 Å². The second-order valence-corrected chi connectivity index (χ2v) is 7.36. The van der Waals surface area contributed by atoms with Crippen molar-refractivity contribution < 1.29 is 19.1 Å². The third kappa shape index (κ3) is 4.36. The van der Waals surface area contributed by atoms with Crippen molar-refractivity contribution in [3.8, 4) is 0 Å². The zero-order valence-electron chi connectivity index (χ0n) is 17.1. The van der Waals surface area contributed by atoms with Gasteiger partial charge in [0.2, 0.25) is 0 Å². The Labute approximate surface area is 170 Å². The van der Waals surface area contributed by atoms with Gasteiger partial charge in [0, 0.05) is 43.3 Å². The van der Waals surface area contributed by atoms with Gasteiger partial charge in [-0.15, -0.1) is 0 Å². The number of para-hydroxylation sites is 1. The molecular formula is C21H28N4O4. The van der Waals surface area contributed by atoms with Gasteiger partial charge < -0.3 is 24.8 Å². The quantitative estimate of drug-likeness (QED) is 0.753. The first-order valence-corrected chi connectivity index (χ1v) is 9.94. The van der Waals surface area contributed by atoms with E-state index in [-0.39, 0.29) is 17.9 Å². The SMILES string of the molecule is CC[C@@H](C)[C@@H](NC(=O)N1CCN(C(=O)c2c[nH]c3ccccc23)CC1)C(=O)OC. The summed E-state index contributed by atoms with van der Waals surface area (Å²) in [6, 6.07) is 6.70. The number of nitrogens with zero attached hydrogens (tertiary/aromatic N) is 2. The average molecular weight is 400 g/mol. The van der Waals surface area contributed by atoms with E-state index in [1.54, 1.807) is 16.0 Å². The highest BCUT2D eigenvalue weighted by atomic mass is 16.5. The van der Waals surface area contributed by atoms with Gasteiger partial charge in [0.1, 0.15) is 6.04 Å². The van der Waals surface area contributed by atoms with Crippen LogP contribution >= 0.6 is 0 Å². The highest BCUT2D eigenvalue weighted by molar-refractivity contribution is 6.06. The van der Waals surface area contributed by atoms with Crippen molar-refractivity contribution in [2.24, 2.45) is 5.92 Å². The smallest absolute Gasteiger partial charge is 0.328 e. The van der Waals surface area contributed by atoms with Gasteiger partial charge in [0.05, 0.1) is 12.7 Å². The Hall–Kier alpha value is -3.03. The summed E-state index contributed by atoms with van der Waals surface area (Å²) < 4.78 is 4.82. The Morgan fingerprint density at radius 2 is 1.79 bits per heavy atom. The second-order valence-electron chi connectivity index (χ2n) is 7.36. The van der Waals surface area contributed by atoms with E-state index in [4.69, 9.17) is 4.74 Å². The molecule has 2 N–H and O–H groups in total. The minimum atomic E-state index is -0.677. The summed E-state index contributed by atoms with van der Waals surface area (Å²) in [5.41, 5.74) is 1.56. The lowest BCUT2D eigenvalue weighted by molar-refractivity contribution is -0.144. The number of aromatic nitrogens is 1. The number of piperazine rings is 1. The molecule has 0 saturated carbocycles. The van der Waals surface area contributed by atoms with Crippen LogP contribution in [-0.4, -0.2) is 72.0 Å². The molecule has 8 nitrogen and oxygen atoms in total. The molecule has 156 valence electrons. The number of carbonyl (C=O) groups is 3. The number of amides is 3. The van der Waals surface area contributed by atoms with Crippen molar-refractivity contribution in [2.75, 3.05) is 33.3 Å². The van der Waals surface area contributed by atoms with Crippen LogP contribution in [0.2, 0.25) is 0 Å². The molecule has 1 aromatic carbocycles. The Morgan fingerprint density at radius 1 is 1.14 bits per heavy atom. The molecule has 2 atom stereocenters. The van der Waals surface area contributed by atoms with E-state index < -0.39 is 12.0 Å². The molecule has 2 heterocycles. The summed E-state index contributed by atoms with van der Waals surface area (Å²) in [6.45, 7) is 5.57. The molecule has 3 rings (SSSR count). The lowest BCUT2D eigenvalue weighted by Gasteiger charge is -2.35. The maximum atomic E-state index is 12.9.